The second-order valence-electron chi connectivity index (χ2n) is 3.39. The van der Waals surface area contributed by atoms with E-state index in [1.807, 2.05) is 0 Å². The van der Waals surface area contributed by atoms with Gasteiger partial charge in [0.25, 0.3) is 14.7 Å². The summed E-state index contributed by atoms with van der Waals surface area (Å²) in [6, 6.07) is 8.44. The van der Waals surface area contributed by atoms with Gasteiger partial charge in [-0.3, -0.25) is 10.1 Å². The molecule has 2 rings (SSSR count). The lowest BCUT2D eigenvalue weighted by Crippen LogP contribution is -1.91. The molecule has 0 saturated heterocycles. The Morgan fingerprint density at radius 3 is 2.29 bits per heavy atom. The van der Waals surface area contributed by atoms with E-state index < -0.39 is 14.0 Å². The molecule has 0 aliphatic carbocycles. The zero-order valence-corrected chi connectivity index (χ0v) is 9.90. The van der Waals surface area contributed by atoms with Gasteiger partial charge in [-0.15, -0.1) is 0 Å². The summed E-state index contributed by atoms with van der Waals surface area (Å²) in [5.41, 5.74) is -0.0957. The van der Waals surface area contributed by atoms with E-state index in [1.54, 1.807) is 12.1 Å². The lowest BCUT2D eigenvalue weighted by molar-refractivity contribution is -0.384. The lowest BCUT2D eigenvalue weighted by atomic mass is 10.1. The third kappa shape index (κ3) is 2.37. The fraction of sp³-hybridized carbons (Fsp3) is 0. The van der Waals surface area contributed by atoms with Crippen LogP contribution in [-0.2, 0) is 9.05 Å². The average molecular weight is 272 g/mol. The number of rotatable bonds is 2. The highest BCUT2D eigenvalue weighted by atomic mass is 35.7. The first kappa shape index (κ1) is 11.8. The van der Waals surface area contributed by atoms with Gasteiger partial charge in [0.15, 0.2) is 0 Å². The van der Waals surface area contributed by atoms with Crippen LogP contribution in [0.5, 0.6) is 0 Å². The summed E-state index contributed by atoms with van der Waals surface area (Å²) >= 11 is 0. The zero-order valence-electron chi connectivity index (χ0n) is 8.33. The largest absolute Gasteiger partial charge is 0.270 e. The van der Waals surface area contributed by atoms with E-state index in [1.165, 1.54) is 24.3 Å². The van der Waals surface area contributed by atoms with Crippen molar-refractivity contribution in [2.75, 3.05) is 0 Å². The fourth-order valence-electron chi connectivity index (χ4n) is 1.48. The molecule has 0 aliphatic heterocycles. The molecule has 5 nitrogen and oxygen atoms in total. The Bertz CT molecular complexity index is 711. The second-order valence-corrected chi connectivity index (χ2v) is 5.95. The molecule has 0 aliphatic rings. The van der Waals surface area contributed by atoms with Gasteiger partial charge in [0.2, 0.25) is 0 Å². The molecule has 0 radical (unpaired) electrons. The molecule has 0 spiro atoms. The standard InChI is InChI=1S/C10H6ClNO4S/c11-17(15,16)10-4-2-7-1-3-9(12(13)14)5-8(7)6-10/h1-6H. The van der Waals surface area contributed by atoms with Crippen molar-refractivity contribution >= 4 is 36.2 Å². The van der Waals surface area contributed by atoms with Crippen LogP contribution in [0.25, 0.3) is 10.8 Å². The Hall–Kier alpha value is -1.66. The van der Waals surface area contributed by atoms with Gasteiger partial charge in [0.05, 0.1) is 9.82 Å². The van der Waals surface area contributed by atoms with Crippen LogP contribution >= 0.6 is 10.7 Å². The first-order chi connectivity index (χ1) is 7.88. The molecular weight excluding hydrogens is 266 g/mol. The van der Waals surface area contributed by atoms with Gasteiger partial charge in [-0.1, -0.05) is 6.07 Å². The Kier molecular flexibility index (Phi) is 2.76. The van der Waals surface area contributed by atoms with Crippen molar-refractivity contribution in [1.82, 2.24) is 0 Å². The van der Waals surface area contributed by atoms with Gasteiger partial charge in [0.1, 0.15) is 0 Å². The maximum atomic E-state index is 11.1. The van der Waals surface area contributed by atoms with Crippen LogP contribution in [0.15, 0.2) is 41.3 Å². The minimum Gasteiger partial charge on any atom is -0.258 e. The molecule has 2 aromatic carbocycles. The van der Waals surface area contributed by atoms with Gasteiger partial charge in [-0.25, -0.2) is 8.42 Å². The maximum absolute atomic E-state index is 11.1. The normalized spacial score (nSPS) is 11.6. The van der Waals surface area contributed by atoms with Crippen LogP contribution in [0.2, 0.25) is 0 Å². The monoisotopic (exact) mass is 271 g/mol. The van der Waals surface area contributed by atoms with E-state index >= 15 is 0 Å². The number of hydrogen-bond acceptors (Lipinski definition) is 4. The molecule has 0 fully saturated rings. The van der Waals surface area contributed by atoms with Crippen molar-refractivity contribution < 1.29 is 13.3 Å². The van der Waals surface area contributed by atoms with Crippen molar-refractivity contribution in [1.29, 1.82) is 0 Å². The van der Waals surface area contributed by atoms with Crippen LogP contribution < -0.4 is 0 Å². The highest BCUT2D eigenvalue weighted by Crippen LogP contribution is 2.25. The van der Waals surface area contributed by atoms with E-state index in [0.29, 0.717) is 10.8 Å². The maximum Gasteiger partial charge on any atom is 0.270 e. The van der Waals surface area contributed by atoms with Gasteiger partial charge in [-0.2, -0.15) is 0 Å². The van der Waals surface area contributed by atoms with E-state index in [0.717, 1.165) is 0 Å². The van der Waals surface area contributed by atoms with Crippen molar-refractivity contribution in [2.24, 2.45) is 0 Å². The number of nitro groups is 1. The molecule has 0 N–H and O–H groups in total. The van der Waals surface area contributed by atoms with Gasteiger partial charge in [-0.05, 0) is 29.0 Å². The van der Waals surface area contributed by atoms with E-state index in [2.05, 4.69) is 0 Å². The van der Waals surface area contributed by atoms with E-state index in [4.69, 9.17) is 10.7 Å². The van der Waals surface area contributed by atoms with Crippen molar-refractivity contribution in [3.8, 4) is 0 Å². The Balaban J connectivity index is 2.71. The van der Waals surface area contributed by atoms with Crippen LogP contribution in [0, 0.1) is 10.1 Å². The van der Waals surface area contributed by atoms with Crippen LogP contribution in [0.3, 0.4) is 0 Å². The highest BCUT2D eigenvalue weighted by Gasteiger charge is 2.12. The minimum atomic E-state index is -3.83. The Labute approximate surface area is 101 Å². The zero-order chi connectivity index (χ0) is 12.6. The molecule has 7 heteroatoms. The average Bonchev–Trinajstić information content (AvgIpc) is 2.26. The summed E-state index contributed by atoms with van der Waals surface area (Å²) < 4.78 is 22.3. The third-order valence-corrected chi connectivity index (χ3v) is 3.64. The summed E-state index contributed by atoms with van der Waals surface area (Å²) in [5.74, 6) is 0. The Morgan fingerprint density at radius 1 is 1.06 bits per heavy atom. The summed E-state index contributed by atoms with van der Waals surface area (Å²) in [6.07, 6.45) is 0. The van der Waals surface area contributed by atoms with Crippen LogP contribution in [0.4, 0.5) is 5.69 Å². The molecule has 0 heterocycles. The third-order valence-electron chi connectivity index (χ3n) is 2.29. The Morgan fingerprint density at radius 2 is 1.71 bits per heavy atom. The van der Waals surface area contributed by atoms with Crippen molar-refractivity contribution in [3.05, 3.63) is 46.5 Å². The molecule has 0 saturated carbocycles. The molecule has 0 atom stereocenters. The second kappa shape index (κ2) is 3.97. The number of nitrogens with zero attached hydrogens (tertiary/aromatic N) is 1. The summed E-state index contributed by atoms with van der Waals surface area (Å²) in [6.45, 7) is 0. The molecule has 17 heavy (non-hydrogen) atoms. The number of halogens is 1. The predicted molar refractivity (Wildman–Crippen MR) is 63.6 cm³/mol. The lowest BCUT2D eigenvalue weighted by Gasteiger charge is -2.00. The summed E-state index contributed by atoms with van der Waals surface area (Å²) in [4.78, 5) is 9.97. The smallest absolute Gasteiger partial charge is 0.258 e. The number of hydrogen-bond donors (Lipinski definition) is 0. The molecule has 0 bridgehead atoms. The molecule has 88 valence electrons. The molecule has 0 amide bonds. The van der Waals surface area contributed by atoms with E-state index in [-0.39, 0.29) is 10.6 Å². The first-order valence-electron chi connectivity index (χ1n) is 4.51. The van der Waals surface area contributed by atoms with Crippen molar-refractivity contribution in [3.63, 3.8) is 0 Å². The van der Waals surface area contributed by atoms with Gasteiger partial charge >= 0.3 is 0 Å². The molecule has 0 aromatic heterocycles. The minimum absolute atomic E-state index is 0.0767. The van der Waals surface area contributed by atoms with Crippen LogP contribution in [-0.4, -0.2) is 13.3 Å². The number of benzene rings is 2. The predicted octanol–water partition coefficient (Wildman–Crippen LogP) is 2.68. The number of fused-ring (bicyclic) bond motifs is 1. The SMILES string of the molecule is O=[N+]([O-])c1ccc2ccc(S(=O)(=O)Cl)cc2c1. The molecular formula is C10H6ClNO4S. The van der Waals surface area contributed by atoms with E-state index in [9.17, 15) is 18.5 Å². The van der Waals surface area contributed by atoms with Crippen molar-refractivity contribution in [2.45, 2.75) is 4.90 Å². The number of nitro benzene ring substituents is 1. The fourth-order valence-corrected chi connectivity index (χ4v) is 2.26. The topological polar surface area (TPSA) is 77.3 Å². The summed E-state index contributed by atoms with van der Waals surface area (Å²) in [7, 11) is 1.37. The van der Waals surface area contributed by atoms with Crippen LogP contribution in [0.1, 0.15) is 0 Å². The number of non-ortho nitro benzene ring substituents is 1. The quantitative estimate of drug-likeness (QED) is 0.478. The molecule has 2 aromatic rings. The van der Waals surface area contributed by atoms with Gasteiger partial charge < -0.3 is 0 Å². The van der Waals surface area contributed by atoms with Gasteiger partial charge in [0, 0.05) is 22.8 Å². The highest BCUT2D eigenvalue weighted by molar-refractivity contribution is 8.13. The summed E-state index contributed by atoms with van der Waals surface area (Å²) in [5, 5.41) is 11.8. The molecule has 0 unspecified atom stereocenters. The first-order valence-corrected chi connectivity index (χ1v) is 6.82.